The number of rotatable bonds is 0. The van der Waals surface area contributed by atoms with Gasteiger partial charge in [0.25, 0.3) is 0 Å². The number of carbonyl (C=O) groups excluding carboxylic acids is 1. The van der Waals surface area contributed by atoms with Crippen LogP contribution in [0.15, 0.2) is 0 Å². The molecular weight excluding hydrogens is 244 g/mol. The summed E-state index contributed by atoms with van der Waals surface area (Å²) in [6.45, 7) is 6.06. The van der Waals surface area contributed by atoms with E-state index >= 15 is 0 Å². The summed E-state index contributed by atoms with van der Waals surface area (Å²) in [5, 5.41) is 20.6. The quantitative estimate of drug-likeness (QED) is 0.651. The van der Waals surface area contributed by atoms with Crippen molar-refractivity contribution >= 4 is 5.97 Å². The third-order valence-corrected chi connectivity index (χ3v) is 6.22. The van der Waals surface area contributed by atoms with Crippen molar-refractivity contribution in [3.05, 3.63) is 0 Å². The molecule has 2 saturated carbocycles. The van der Waals surface area contributed by atoms with Crippen molar-refractivity contribution in [3.63, 3.8) is 0 Å². The molecule has 0 aromatic heterocycles. The molecule has 4 nitrogen and oxygen atoms in total. The molecule has 4 heteroatoms. The van der Waals surface area contributed by atoms with Crippen molar-refractivity contribution in [3.8, 4) is 0 Å². The van der Waals surface area contributed by atoms with Crippen LogP contribution in [-0.2, 0) is 9.53 Å². The second-order valence-electron chi connectivity index (χ2n) is 7.10. The molecule has 3 fully saturated rings. The largest absolute Gasteiger partial charge is 0.462 e. The number of esters is 1. The van der Waals surface area contributed by atoms with Gasteiger partial charge in [-0.05, 0) is 18.8 Å². The number of aliphatic hydroxyl groups excluding tert-OH is 2. The van der Waals surface area contributed by atoms with E-state index in [-0.39, 0.29) is 41.2 Å². The van der Waals surface area contributed by atoms with Crippen LogP contribution in [0.5, 0.6) is 0 Å². The molecule has 1 heterocycles. The fraction of sp³-hybridized carbons (Fsp3) is 0.933. The van der Waals surface area contributed by atoms with Gasteiger partial charge in [0.1, 0.15) is 6.10 Å². The average Bonchev–Trinajstić information content (AvgIpc) is 2.63. The highest BCUT2D eigenvalue weighted by atomic mass is 16.6. The Morgan fingerprint density at radius 3 is 2.68 bits per heavy atom. The maximum Gasteiger partial charge on any atom is 0.309 e. The van der Waals surface area contributed by atoms with Crippen molar-refractivity contribution in [1.82, 2.24) is 0 Å². The van der Waals surface area contributed by atoms with Gasteiger partial charge in [-0.25, -0.2) is 0 Å². The lowest BCUT2D eigenvalue weighted by molar-refractivity contribution is -0.186. The zero-order valence-electron chi connectivity index (χ0n) is 11.9. The molecule has 19 heavy (non-hydrogen) atoms. The van der Waals surface area contributed by atoms with Gasteiger partial charge in [-0.3, -0.25) is 4.79 Å². The summed E-state index contributed by atoms with van der Waals surface area (Å²) in [4.78, 5) is 11.8. The first-order valence-corrected chi connectivity index (χ1v) is 7.43. The monoisotopic (exact) mass is 268 g/mol. The van der Waals surface area contributed by atoms with Gasteiger partial charge in [0, 0.05) is 23.7 Å². The Morgan fingerprint density at radius 1 is 1.32 bits per heavy atom. The van der Waals surface area contributed by atoms with Gasteiger partial charge < -0.3 is 14.9 Å². The van der Waals surface area contributed by atoms with Crippen molar-refractivity contribution in [1.29, 1.82) is 0 Å². The number of hydrogen-bond acceptors (Lipinski definition) is 4. The lowest BCUT2D eigenvalue weighted by atomic mass is 9.51. The van der Waals surface area contributed by atoms with E-state index in [1.54, 1.807) is 0 Å². The molecule has 0 radical (unpaired) electrons. The number of hydrogen-bond donors (Lipinski definition) is 2. The first-order valence-electron chi connectivity index (χ1n) is 7.43. The highest BCUT2D eigenvalue weighted by Crippen LogP contribution is 2.57. The molecule has 1 saturated heterocycles. The van der Waals surface area contributed by atoms with Crippen molar-refractivity contribution < 1.29 is 19.7 Å². The summed E-state index contributed by atoms with van der Waals surface area (Å²) in [6, 6.07) is 0. The molecule has 2 aliphatic carbocycles. The van der Waals surface area contributed by atoms with Crippen LogP contribution in [-0.4, -0.2) is 34.5 Å². The smallest absolute Gasteiger partial charge is 0.309 e. The fourth-order valence-electron chi connectivity index (χ4n) is 4.80. The van der Waals surface area contributed by atoms with E-state index in [1.165, 1.54) is 0 Å². The molecule has 0 aromatic rings. The zero-order valence-corrected chi connectivity index (χ0v) is 11.9. The van der Waals surface area contributed by atoms with Crippen LogP contribution in [0.2, 0.25) is 0 Å². The Balaban J connectivity index is 1.97. The molecule has 1 aliphatic heterocycles. The van der Waals surface area contributed by atoms with Gasteiger partial charge in [-0.2, -0.15) is 0 Å². The summed E-state index contributed by atoms with van der Waals surface area (Å²) in [5.41, 5.74) is -0.232. The summed E-state index contributed by atoms with van der Waals surface area (Å²) >= 11 is 0. The zero-order chi connectivity index (χ0) is 13.9. The average molecular weight is 268 g/mol. The minimum atomic E-state index is -0.501. The minimum Gasteiger partial charge on any atom is -0.462 e. The molecule has 0 aromatic carbocycles. The van der Waals surface area contributed by atoms with E-state index < -0.39 is 12.2 Å². The standard InChI is InChI=1S/C15H24O4/c1-7-9-4-5-15(3)11(17)6-10(16)8(2)12(15)13(9)19-14(7)18/h7-13,16-17H,4-6H2,1-3H3/t7-,8-,9-,10-,11+,12+,13-,15-/m0/s1. The molecule has 3 aliphatic rings. The van der Waals surface area contributed by atoms with Gasteiger partial charge >= 0.3 is 5.97 Å². The second kappa shape index (κ2) is 4.19. The molecule has 108 valence electrons. The lowest BCUT2D eigenvalue weighted by Gasteiger charge is -2.55. The second-order valence-corrected chi connectivity index (χ2v) is 7.10. The Morgan fingerprint density at radius 2 is 2.00 bits per heavy atom. The van der Waals surface area contributed by atoms with Gasteiger partial charge in [0.15, 0.2) is 0 Å². The van der Waals surface area contributed by atoms with E-state index in [2.05, 4.69) is 6.92 Å². The Labute approximate surface area is 114 Å². The third-order valence-electron chi connectivity index (χ3n) is 6.22. The normalized spacial score (nSPS) is 57.3. The summed E-state index contributed by atoms with van der Waals surface area (Å²) in [5.74, 6) is 0.239. The van der Waals surface area contributed by atoms with E-state index in [4.69, 9.17) is 4.74 Å². The molecule has 2 N–H and O–H groups in total. The minimum absolute atomic E-state index is 0.0436. The highest BCUT2D eigenvalue weighted by molar-refractivity contribution is 5.75. The topological polar surface area (TPSA) is 66.8 Å². The van der Waals surface area contributed by atoms with Gasteiger partial charge in [0.05, 0.1) is 18.1 Å². The van der Waals surface area contributed by atoms with Gasteiger partial charge in [-0.15, -0.1) is 0 Å². The fourth-order valence-corrected chi connectivity index (χ4v) is 4.80. The van der Waals surface area contributed by atoms with E-state index in [0.29, 0.717) is 6.42 Å². The van der Waals surface area contributed by atoms with Crippen molar-refractivity contribution in [2.45, 2.75) is 58.3 Å². The number of carbonyl (C=O) groups is 1. The molecule has 0 spiro atoms. The molecular formula is C15H24O4. The maximum atomic E-state index is 11.8. The predicted molar refractivity (Wildman–Crippen MR) is 69.2 cm³/mol. The van der Waals surface area contributed by atoms with Crippen LogP contribution in [0.1, 0.15) is 40.0 Å². The van der Waals surface area contributed by atoms with Crippen LogP contribution in [0.4, 0.5) is 0 Å². The van der Waals surface area contributed by atoms with Crippen molar-refractivity contribution in [2.75, 3.05) is 0 Å². The van der Waals surface area contributed by atoms with Gasteiger partial charge in [-0.1, -0.05) is 20.8 Å². The van der Waals surface area contributed by atoms with E-state index in [9.17, 15) is 15.0 Å². The van der Waals surface area contributed by atoms with Crippen LogP contribution in [0, 0.1) is 29.1 Å². The first kappa shape index (κ1) is 13.4. The summed E-state index contributed by atoms with van der Waals surface area (Å²) < 4.78 is 5.62. The Kier molecular flexibility index (Phi) is 2.95. The van der Waals surface area contributed by atoms with E-state index in [1.807, 2.05) is 13.8 Å². The van der Waals surface area contributed by atoms with Gasteiger partial charge in [0.2, 0.25) is 0 Å². The SMILES string of the molecule is C[C@@H]1[C@@H]2[C@H]3OC(=O)[C@@H](C)[C@@H]3CC[C@@]2(C)[C@H](O)C[C@@H]1O. The van der Waals surface area contributed by atoms with Crippen LogP contribution < -0.4 is 0 Å². The Bertz CT molecular complexity index is 396. The first-order chi connectivity index (χ1) is 8.86. The summed E-state index contributed by atoms with van der Waals surface area (Å²) in [6.07, 6.45) is 1.17. The Hall–Kier alpha value is -0.610. The molecule has 8 atom stereocenters. The maximum absolute atomic E-state index is 11.8. The summed E-state index contributed by atoms with van der Waals surface area (Å²) in [7, 11) is 0. The van der Waals surface area contributed by atoms with Crippen LogP contribution in [0.3, 0.4) is 0 Å². The molecule has 0 unspecified atom stereocenters. The molecule has 0 bridgehead atoms. The van der Waals surface area contributed by atoms with E-state index in [0.717, 1.165) is 12.8 Å². The van der Waals surface area contributed by atoms with Crippen molar-refractivity contribution in [2.24, 2.45) is 29.1 Å². The number of fused-ring (bicyclic) bond motifs is 3. The van der Waals surface area contributed by atoms with Crippen LogP contribution in [0.25, 0.3) is 0 Å². The number of ether oxygens (including phenoxy) is 1. The predicted octanol–water partition coefficient (Wildman–Crippen LogP) is 1.34. The third kappa shape index (κ3) is 1.69. The van der Waals surface area contributed by atoms with Crippen LogP contribution >= 0.6 is 0 Å². The molecule has 3 rings (SSSR count). The molecule has 0 amide bonds. The number of aliphatic hydroxyl groups is 2. The lowest BCUT2D eigenvalue weighted by Crippen LogP contribution is -2.59. The highest BCUT2D eigenvalue weighted by Gasteiger charge is 2.61.